The number of hydrogen-bond donors (Lipinski definition) is 1. The minimum atomic E-state index is -0.900. The Morgan fingerprint density at radius 3 is 2.83 bits per heavy atom. The van der Waals surface area contributed by atoms with Crippen LogP contribution in [0.25, 0.3) is 0 Å². The van der Waals surface area contributed by atoms with Gasteiger partial charge in [0.05, 0.1) is 24.5 Å². The maximum absolute atomic E-state index is 11.2. The highest BCUT2D eigenvalue weighted by Gasteiger charge is 2.23. The third-order valence-electron chi connectivity index (χ3n) is 3.59. The van der Waals surface area contributed by atoms with Crippen molar-refractivity contribution in [3.63, 3.8) is 0 Å². The molecule has 5 nitrogen and oxygen atoms in total. The minimum Gasteiger partial charge on any atom is -0.478 e. The van der Waals surface area contributed by atoms with Crippen LogP contribution in [0.5, 0.6) is 0 Å². The predicted octanol–water partition coefficient (Wildman–Crippen LogP) is 2.28. The molecule has 0 aromatic carbocycles. The van der Waals surface area contributed by atoms with E-state index in [0.29, 0.717) is 24.6 Å². The quantitative estimate of drug-likeness (QED) is 0.873. The zero-order valence-electron chi connectivity index (χ0n) is 10.8. The number of carbonyl (C=O) groups is 1. The summed E-state index contributed by atoms with van der Waals surface area (Å²) in [4.78, 5) is 11.2. The number of nitrogens with zero attached hydrogens (tertiary/aromatic N) is 2. The fourth-order valence-corrected chi connectivity index (χ4v) is 2.65. The summed E-state index contributed by atoms with van der Waals surface area (Å²) in [5.41, 5.74) is 1.12. The van der Waals surface area contributed by atoms with Crippen molar-refractivity contribution in [3.05, 3.63) is 17.5 Å². The van der Waals surface area contributed by atoms with Gasteiger partial charge in [0.1, 0.15) is 5.56 Å². The molecule has 1 N–H and O–H groups in total. The number of aromatic nitrogens is 2. The number of methoxy groups -OCH3 is 1. The molecule has 0 aliphatic heterocycles. The minimum absolute atomic E-state index is 0.317. The molecule has 1 heterocycles. The molecule has 2 rings (SSSR count). The summed E-state index contributed by atoms with van der Waals surface area (Å²) in [5, 5.41) is 13.5. The Morgan fingerprint density at radius 1 is 1.50 bits per heavy atom. The molecular weight excluding hydrogens is 232 g/mol. The Balaban J connectivity index is 2.24. The first-order valence-corrected chi connectivity index (χ1v) is 6.52. The summed E-state index contributed by atoms with van der Waals surface area (Å²) in [6, 6.07) is 0.360. The van der Waals surface area contributed by atoms with Crippen LogP contribution in [0.1, 0.15) is 54.2 Å². The lowest BCUT2D eigenvalue weighted by Crippen LogP contribution is -2.18. The molecule has 100 valence electrons. The van der Waals surface area contributed by atoms with Gasteiger partial charge in [-0.1, -0.05) is 19.3 Å². The van der Waals surface area contributed by atoms with Crippen molar-refractivity contribution in [2.45, 2.75) is 44.6 Å². The van der Waals surface area contributed by atoms with Gasteiger partial charge >= 0.3 is 5.97 Å². The van der Waals surface area contributed by atoms with Crippen LogP contribution >= 0.6 is 0 Å². The zero-order valence-corrected chi connectivity index (χ0v) is 10.8. The van der Waals surface area contributed by atoms with Crippen LogP contribution in [-0.2, 0) is 11.2 Å². The van der Waals surface area contributed by atoms with Gasteiger partial charge in [0.25, 0.3) is 0 Å². The van der Waals surface area contributed by atoms with Crippen molar-refractivity contribution in [1.29, 1.82) is 0 Å². The maximum Gasteiger partial charge on any atom is 0.339 e. The molecule has 0 saturated heterocycles. The van der Waals surface area contributed by atoms with E-state index < -0.39 is 5.97 Å². The topological polar surface area (TPSA) is 64.3 Å². The molecule has 1 aromatic heterocycles. The number of carboxylic acid groups (broad SMARTS) is 1. The number of ether oxygens (including phenoxy) is 1. The van der Waals surface area contributed by atoms with Gasteiger partial charge in [-0.05, 0) is 12.8 Å². The molecule has 0 radical (unpaired) electrons. The van der Waals surface area contributed by atoms with Gasteiger partial charge in [-0.25, -0.2) is 4.79 Å². The van der Waals surface area contributed by atoms with E-state index in [1.807, 2.05) is 4.68 Å². The summed E-state index contributed by atoms with van der Waals surface area (Å²) in [6.07, 6.45) is 7.96. The first-order valence-electron chi connectivity index (χ1n) is 6.52. The van der Waals surface area contributed by atoms with Crippen molar-refractivity contribution in [2.24, 2.45) is 0 Å². The highest BCUT2D eigenvalue weighted by molar-refractivity contribution is 5.88. The van der Waals surface area contributed by atoms with Crippen LogP contribution < -0.4 is 0 Å². The van der Waals surface area contributed by atoms with E-state index in [-0.39, 0.29) is 0 Å². The molecule has 5 heteroatoms. The third-order valence-corrected chi connectivity index (χ3v) is 3.59. The SMILES string of the molecule is COCCc1c(C(=O)O)cnn1C1CCCCC1. The zero-order chi connectivity index (χ0) is 13.0. The average Bonchev–Trinajstić information content (AvgIpc) is 2.81. The highest BCUT2D eigenvalue weighted by Crippen LogP contribution is 2.29. The molecule has 1 aromatic rings. The molecule has 0 amide bonds. The van der Waals surface area contributed by atoms with Crippen LogP contribution in [0.15, 0.2) is 6.20 Å². The van der Waals surface area contributed by atoms with E-state index in [1.165, 1.54) is 25.5 Å². The lowest BCUT2D eigenvalue weighted by Gasteiger charge is -2.24. The van der Waals surface area contributed by atoms with E-state index in [2.05, 4.69) is 5.10 Å². The number of rotatable bonds is 5. The fourth-order valence-electron chi connectivity index (χ4n) is 2.65. The molecule has 1 fully saturated rings. The Labute approximate surface area is 107 Å². The second-order valence-electron chi connectivity index (χ2n) is 4.79. The van der Waals surface area contributed by atoms with E-state index in [9.17, 15) is 9.90 Å². The molecule has 0 atom stereocenters. The summed E-state index contributed by atoms with van der Waals surface area (Å²) in [7, 11) is 1.63. The lowest BCUT2D eigenvalue weighted by molar-refractivity contribution is 0.0694. The van der Waals surface area contributed by atoms with E-state index in [0.717, 1.165) is 18.5 Å². The van der Waals surface area contributed by atoms with Gasteiger partial charge in [-0.15, -0.1) is 0 Å². The van der Waals surface area contributed by atoms with Crippen LogP contribution in [-0.4, -0.2) is 34.6 Å². The van der Waals surface area contributed by atoms with Crippen LogP contribution in [0.2, 0.25) is 0 Å². The summed E-state index contributed by atoms with van der Waals surface area (Å²) < 4.78 is 6.98. The summed E-state index contributed by atoms with van der Waals surface area (Å²) in [6.45, 7) is 0.526. The molecule has 18 heavy (non-hydrogen) atoms. The number of hydrogen-bond acceptors (Lipinski definition) is 3. The first-order chi connectivity index (χ1) is 8.74. The Bertz CT molecular complexity index is 408. The van der Waals surface area contributed by atoms with Crippen molar-refractivity contribution < 1.29 is 14.6 Å². The van der Waals surface area contributed by atoms with E-state index >= 15 is 0 Å². The normalized spacial score (nSPS) is 16.9. The fraction of sp³-hybridized carbons (Fsp3) is 0.692. The van der Waals surface area contributed by atoms with Crippen LogP contribution in [0.4, 0.5) is 0 Å². The molecule has 0 spiro atoms. The van der Waals surface area contributed by atoms with Gasteiger partial charge in [0.15, 0.2) is 0 Å². The van der Waals surface area contributed by atoms with Crippen molar-refractivity contribution in [3.8, 4) is 0 Å². The van der Waals surface area contributed by atoms with Crippen molar-refractivity contribution >= 4 is 5.97 Å². The lowest BCUT2D eigenvalue weighted by atomic mass is 9.95. The Hall–Kier alpha value is -1.36. The number of aromatic carboxylic acids is 1. The second-order valence-corrected chi connectivity index (χ2v) is 4.79. The molecule has 0 unspecified atom stereocenters. The second kappa shape index (κ2) is 6.00. The van der Waals surface area contributed by atoms with Crippen LogP contribution in [0.3, 0.4) is 0 Å². The van der Waals surface area contributed by atoms with Gasteiger partial charge in [-0.2, -0.15) is 5.10 Å². The van der Waals surface area contributed by atoms with Crippen molar-refractivity contribution in [2.75, 3.05) is 13.7 Å². The van der Waals surface area contributed by atoms with Crippen LogP contribution in [0, 0.1) is 0 Å². The molecular formula is C13H20N2O3. The molecule has 1 aliphatic rings. The monoisotopic (exact) mass is 252 g/mol. The Morgan fingerprint density at radius 2 is 2.22 bits per heavy atom. The largest absolute Gasteiger partial charge is 0.478 e. The third kappa shape index (κ3) is 2.72. The smallest absolute Gasteiger partial charge is 0.339 e. The number of carboxylic acids is 1. The maximum atomic E-state index is 11.2. The summed E-state index contributed by atoms with van der Waals surface area (Å²) in [5.74, 6) is -0.900. The van der Waals surface area contributed by atoms with Gasteiger partial charge in [0, 0.05) is 13.5 Å². The van der Waals surface area contributed by atoms with Gasteiger partial charge in [-0.3, -0.25) is 4.68 Å². The Kier molecular flexibility index (Phi) is 4.36. The van der Waals surface area contributed by atoms with Crippen molar-refractivity contribution in [1.82, 2.24) is 9.78 Å². The van der Waals surface area contributed by atoms with E-state index in [1.54, 1.807) is 7.11 Å². The molecule has 0 bridgehead atoms. The highest BCUT2D eigenvalue weighted by atomic mass is 16.5. The molecule has 1 aliphatic carbocycles. The van der Waals surface area contributed by atoms with E-state index in [4.69, 9.17) is 4.74 Å². The summed E-state index contributed by atoms with van der Waals surface area (Å²) >= 11 is 0. The standard InChI is InChI=1S/C13H20N2O3/c1-18-8-7-12-11(13(16)17)9-14-15(12)10-5-3-2-4-6-10/h9-10H,2-8H2,1H3,(H,16,17). The predicted molar refractivity (Wildman–Crippen MR) is 66.9 cm³/mol. The average molecular weight is 252 g/mol. The van der Waals surface area contributed by atoms with Gasteiger partial charge in [0.2, 0.25) is 0 Å². The van der Waals surface area contributed by atoms with Gasteiger partial charge < -0.3 is 9.84 Å². The first kappa shape index (κ1) is 13.1. The molecule has 1 saturated carbocycles.